The number of unbranched alkanes of at least 4 members (excludes halogenated alkanes) is 1. The Hall–Kier alpha value is -0.0400. The molecule has 0 aliphatic rings. The van der Waals surface area contributed by atoms with Gasteiger partial charge in [-0.2, -0.15) is 0 Å². The highest BCUT2D eigenvalue weighted by molar-refractivity contribution is 4.72. The molecule has 0 aromatic carbocycles. The van der Waals surface area contributed by atoms with E-state index in [1.54, 1.807) is 0 Å². The minimum Gasteiger partial charge on any atom is -0.302 e. The van der Waals surface area contributed by atoms with Crippen molar-refractivity contribution in [1.29, 1.82) is 0 Å². The molecule has 0 spiro atoms. The molecule has 1 heteroatoms. The smallest absolute Gasteiger partial charge is 0.0122 e. The highest BCUT2D eigenvalue weighted by Gasteiger charge is 2.15. The summed E-state index contributed by atoms with van der Waals surface area (Å²) < 4.78 is 0. The first kappa shape index (κ1) is 15.0. The van der Waals surface area contributed by atoms with Gasteiger partial charge in [0, 0.05) is 5.54 Å². The van der Waals surface area contributed by atoms with Crippen molar-refractivity contribution in [3.8, 4) is 0 Å². The molecule has 0 saturated heterocycles. The number of rotatable bonds is 7. The Morgan fingerprint density at radius 3 is 1.93 bits per heavy atom. The monoisotopic (exact) mass is 213 g/mol. The van der Waals surface area contributed by atoms with E-state index >= 15 is 0 Å². The maximum atomic E-state index is 2.46. The van der Waals surface area contributed by atoms with E-state index in [1.807, 2.05) is 0 Å². The first-order valence-corrected chi connectivity index (χ1v) is 6.63. The zero-order valence-corrected chi connectivity index (χ0v) is 11.8. The van der Waals surface area contributed by atoms with E-state index in [1.165, 1.54) is 38.6 Å². The van der Waals surface area contributed by atoms with Crippen LogP contribution in [0.3, 0.4) is 0 Å². The normalized spacial score (nSPS) is 12.8. The molecular weight excluding hydrogens is 182 g/mol. The summed E-state index contributed by atoms with van der Waals surface area (Å²) in [5.41, 5.74) is 0.328. The summed E-state index contributed by atoms with van der Waals surface area (Å²) in [6, 6.07) is 0. The molecule has 0 aliphatic carbocycles. The lowest BCUT2D eigenvalue weighted by Gasteiger charge is -2.32. The predicted octanol–water partition coefficient (Wildman–Crippen LogP) is 4.32. The second-order valence-corrected chi connectivity index (χ2v) is 5.77. The van der Waals surface area contributed by atoms with Crippen LogP contribution in [0.5, 0.6) is 0 Å². The summed E-state index contributed by atoms with van der Waals surface area (Å²) >= 11 is 0. The van der Waals surface area contributed by atoms with Gasteiger partial charge < -0.3 is 4.90 Å². The standard InChI is InChI=1S/C14H31N/c1-7-13(8-2)11-9-10-12-15(6)14(3,4)5/h13H,7-12H2,1-6H3. The van der Waals surface area contributed by atoms with Gasteiger partial charge in [-0.05, 0) is 46.7 Å². The van der Waals surface area contributed by atoms with Gasteiger partial charge in [0.15, 0.2) is 0 Å². The van der Waals surface area contributed by atoms with Gasteiger partial charge in [-0.1, -0.05) is 39.5 Å². The van der Waals surface area contributed by atoms with Crippen LogP contribution in [0.25, 0.3) is 0 Å². The fourth-order valence-electron chi connectivity index (χ4n) is 1.81. The molecule has 15 heavy (non-hydrogen) atoms. The summed E-state index contributed by atoms with van der Waals surface area (Å²) in [5.74, 6) is 0.963. The van der Waals surface area contributed by atoms with Crippen LogP contribution in [-0.4, -0.2) is 24.0 Å². The van der Waals surface area contributed by atoms with E-state index in [0.29, 0.717) is 5.54 Å². The molecule has 0 atom stereocenters. The van der Waals surface area contributed by atoms with Gasteiger partial charge in [0.25, 0.3) is 0 Å². The van der Waals surface area contributed by atoms with Crippen molar-refractivity contribution in [1.82, 2.24) is 4.90 Å². The Morgan fingerprint density at radius 1 is 1.00 bits per heavy atom. The van der Waals surface area contributed by atoms with Gasteiger partial charge in [0.2, 0.25) is 0 Å². The molecular formula is C14H31N. The number of hydrogen-bond acceptors (Lipinski definition) is 1. The van der Waals surface area contributed by atoms with E-state index < -0.39 is 0 Å². The Morgan fingerprint density at radius 2 is 1.53 bits per heavy atom. The minimum absolute atomic E-state index is 0.328. The van der Waals surface area contributed by atoms with Crippen LogP contribution >= 0.6 is 0 Å². The second-order valence-electron chi connectivity index (χ2n) is 5.77. The van der Waals surface area contributed by atoms with Crippen molar-refractivity contribution >= 4 is 0 Å². The summed E-state index contributed by atoms with van der Waals surface area (Å²) in [5, 5.41) is 0. The molecule has 0 fully saturated rings. The molecule has 0 aliphatic heterocycles. The fourth-order valence-corrected chi connectivity index (χ4v) is 1.81. The summed E-state index contributed by atoms with van der Waals surface area (Å²) in [7, 11) is 2.23. The third-order valence-corrected chi connectivity index (χ3v) is 3.66. The summed E-state index contributed by atoms with van der Waals surface area (Å²) in [6.45, 7) is 12.7. The molecule has 0 amide bonds. The van der Waals surface area contributed by atoms with Crippen LogP contribution < -0.4 is 0 Å². The third-order valence-electron chi connectivity index (χ3n) is 3.66. The van der Waals surface area contributed by atoms with Gasteiger partial charge in [0.1, 0.15) is 0 Å². The molecule has 0 heterocycles. The van der Waals surface area contributed by atoms with Crippen LogP contribution in [0.1, 0.15) is 66.7 Å². The maximum Gasteiger partial charge on any atom is 0.0122 e. The molecule has 0 rings (SSSR count). The third kappa shape index (κ3) is 6.94. The van der Waals surface area contributed by atoms with Crippen LogP contribution in [0.4, 0.5) is 0 Å². The Balaban J connectivity index is 3.54. The van der Waals surface area contributed by atoms with Crippen LogP contribution in [0.2, 0.25) is 0 Å². The highest BCUT2D eigenvalue weighted by atomic mass is 15.1. The van der Waals surface area contributed by atoms with Crippen molar-refractivity contribution < 1.29 is 0 Å². The zero-order valence-electron chi connectivity index (χ0n) is 11.8. The molecule has 0 aromatic heterocycles. The average Bonchev–Trinajstić information content (AvgIpc) is 2.16. The highest BCUT2D eigenvalue weighted by Crippen LogP contribution is 2.17. The lowest BCUT2D eigenvalue weighted by molar-refractivity contribution is 0.171. The van der Waals surface area contributed by atoms with Crippen molar-refractivity contribution in [2.24, 2.45) is 5.92 Å². The van der Waals surface area contributed by atoms with E-state index in [0.717, 1.165) is 5.92 Å². The molecule has 0 saturated carbocycles. The molecule has 1 nitrogen and oxygen atoms in total. The Labute approximate surface area is 97.2 Å². The van der Waals surface area contributed by atoms with Crippen LogP contribution in [-0.2, 0) is 0 Å². The minimum atomic E-state index is 0.328. The van der Waals surface area contributed by atoms with Gasteiger partial charge in [-0.15, -0.1) is 0 Å². The summed E-state index contributed by atoms with van der Waals surface area (Å²) in [4.78, 5) is 2.46. The predicted molar refractivity (Wildman–Crippen MR) is 70.3 cm³/mol. The first-order chi connectivity index (χ1) is 6.91. The zero-order chi connectivity index (χ0) is 11.9. The van der Waals surface area contributed by atoms with Crippen molar-refractivity contribution in [3.63, 3.8) is 0 Å². The number of nitrogens with zero attached hydrogens (tertiary/aromatic N) is 1. The van der Waals surface area contributed by atoms with Gasteiger partial charge in [0.05, 0.1) is 0 Å². The first-order valence-electron chi connectivity index (χ1n) is 6.63. The van der Waals surface area contributed by atoms with E-state index in [4.69, 9.17) is 0 Å². The number of hydrogen-bond donors (Lipinski definition) is 0. The molecule has 92 valence electrons. The van der Waals surface area contributed by atoms with Crippen molar-refractivity contribution in [2.45, 2.75) is 72.3 Å². The van der Waals surface area contributed by atoms with Gasteiger partial charge in [-0.3, -0.25) is 0 Å². The van der Waals surface area contributed by atoms with Crippen molar-refractivity contribution in [3.05, 3.63) is 0 Å². The molecule has 0 aromatic rings. The Bertz CT molecular complexity index is 142. The summed E-state index contributed by atoms with van der Waals surface area (Å²) in [6.07, 6.45) is 6.87. The quantitative estimate of drug-likeness (QED) is 0.569. The fraction of sp³-hybridized carbons (Fsp3) is 1.00. The maximum absolute atomic E-state index is 2.46. The lowest BCUT2D eigenvalue weighted by atomic mass is 9.96. The largest absolute Gasteiger partial charge is 0.302 e. The SMILES string of the molecule is CCC(CC)CCCCN(C)C(C)(C)C. The van der Waals surface area contributed by atoms with E-state index in [9.17, 15) is 0 Å². The molecule has 0 N–H and O–H groups in total. The van der Waals surface area contributed by atoms with E-state index in [-0.39, 0.29) is 0 Å². The van der Waals surface area contributed by atoms with Gasteiger partial charge >= 0.3 is 0 Å². The van der Waals surface area contributed by atoms with Crippen LogP contribution in [0, 0.1) is 5.92 Å². The second kappa shape index (κ2) is 7.27. The van der Waals surface area contributed by atoms with Crippen molar-refractivity contribution in [2.75, 3.05) is 13.6 Å². The van der Waals surface area contributed by atoms with Gasteiger partial charge in [-0.25, -0.2) is 0 Å². The molecule has 0 unspecified atom stereocenters. The topological polar surface area (TPSA) is 3.24 Å². The lowest BCUT2D eigenvalue weighted by Crippen LogP contribution is -2.38. The van der Waals surface area contributed by atoms with Crippen LogP contribution in [0.15, 0.2) is 0 Å². The molecule has 0 bridgehead atoms. The van der Waals surface area contributed by atoms with E-state index in [2.05, 4.69) is 46.6 Å². The molecule has 0 radical (unpaired) electrons. The average molecular weight is 213 g/mol. The Kier molecular flexibility index (Phi) is 7.25.